The number of halogens is 1. The second-order valence-corrected chi connectivity index (χ2v) is 11.9. The van der Waals surface area contributed by atoms with Crippen LogP contribution in [0.4, 0.5) is 10.5 Å². The second-order valence-electron chi connectivity index (χ2n) is 11.5. The standard InChI is InChI=1S/C29H36ClN3O4/c1-29(2)18-36-25-16-21(20-4-6-24(23(30)15-20)33-11-13-35-14-12-33)3-5-22(25)27(29)31-28(34)37-26-17-32-9-7-19(26)8-10-32/h3-6,15-16,19,26-27H,7-14,17-18H2,1-2H3,(H,31,34)/t26-,27?/m1/s1. The molecule has 2 aromatic carbocycles. The molecule has 2 aromatic rings. The van der Waals surface area contributed by atoms with Crippen LogP contribution < -0.4 is 15.0 Å². The lowest BCUT2D eigenvalue weighted by Gasteiger charge is -2.44. The molecule has 1 unspecified atom stereocenters. The van der Waals surface area contributed by atoms with Crippen molar-refractivity contribution in [1.82, 2.24) is 10.2 Å². The minimum Gasteiger partial charge on any atom is -0.493 e. The highest BCUT2D eigenvalue weighted by atomic mass is 35.5. The number of fused-ring (bicyclic) bond motifs is 4. The summed E-state index contributed by atoms with van der Waals surface area (Å²) >= 11 is 6.70. The number of morpholine rings is 1. The van der Waals surface area contributed by atoms with Crippen LogP contribution in [-0.4, -0.2) is 69.6 Å². The summed E-state index contributed by atoms with van der Waals surface area (Å²) < 4.78 is 17.6. The molecule has 7 rings (SSSR count). The fourth-order valence-electron chi connectivity index (χ4n) is 6.20. The van der Waals surface area contributed by atoms with Crippen molar-refractivity contribution in [2.24, 2.45) is 11.3 Å². The van der Waals surface area contributed by atoms with Gasteiger partial charge in [0.2, 0.25) is 0 Å². The maximum atomic E-state index is 13.0. The van der Waals surface area contributed by atoms with E-state index in [0.717, 1.165) is 91.9 Å². The molecule has 8 heteroatoms. The van der Waals surface area contributed by atoms with Gasteiger partial charge in [0.05, 0.1) is 36.6 Å². The molecule has 1 N–H and O–H groups in total. The Morgan fingerprint density at radius 3 is 2.49 bits per heavy atom. The van der Waals surface area contributed by atoms with Gasteiger partial charge in [-0.05, 0) is 61.2 Å². The van der Waals surface area contributed by atoms with E-state index in [4.69, 9.17) is 25.8 Å². The van der Waals surface area contributed by atoms with E-state index in [0.29, 0.717) is 12.5 Å². The van der Waals surface area contributed by atoms with Crippen LogP contribution in [0, 0.1) is 11.3 Å². The summed E-state index contributed by atoms with van der Waals surface area (Å²) in [5, 5.41) is 3.92. The molecule has 2 bridgehead atoms. The fourth-order valence-corrected chi connectivity index (χ4v) is 6.50. The third kappa shape index (κ3) is 5.01. The number of rotatable bonds is 4. The Morgan fingerprint density at radius 1 is 1.05 bits per heavy atom. The van der Waals surface area contributed by atoms with Gasteiger partial charge in [-0.15, -0.1) is 0 Å². The van der Waals surface area contributed by atoms with Gasteiger partial charge in [0, 0.05) is 30.6 Å². The highest BCUT2D eigenvalue weighted by molar-refractivity contribution is 6.33. The third-order valence-electron chi connectivity index (χ3n) is 8.46. The topological polar surface area (TPSA) is 63.3 Å². The molecule has 0 spiro atoms. The number of benzene rings is 2. The number of alkyl carbamates (subject to hydrolysis) is 1. The van der Waals surface area contributed by atoms with Gasteiger partial charge in [0.25, 0.3) is 0 Å². The van der Waals surface area contributed by atoms with Crippen LogP contribution in [0.2, 0.25) is 5.02 Å². The van der Waals surface area contributed by atoms with E-state index in [9.17, 15) is 4.79 Å². The molecule has 1 amide bonds. The number of carbonyl (C=O) groups excluding carboxylic acids is 1. The van der Waals surface area contributed by atoms with Crippen molar-refractivity contribution in [3.63, 3.8) is 0 Å². The Labute approximate surface area is 224 Å². The number of nitrogens with one attached hydrogen (secondary N) is 1. The molecular weight excluding hydrogens is 490 g/mol. The second kappa shape index (κ2) is 10.0. The lowest BCUT2D eigenvalue weighted by atomic mass is 9.78. The predicted octanol–water partition coefficient (Wildman–Crippen LogP) is 5.12. The zero-order valence-electron chi connectivity index (χ0n) is 21.7. The van der Waals surface area contributed by atoms with E-state index >= 15 is 0 Å². The van der Waals surface area contributed by atoms with Crippen molar-refractivity contribution in [2.45, 2.75) is 38.8 Å². The van der Waals surface area contributed by atoms with Crippen molar-refractivity contribution in [1.29, 1.82) is 0 Å². The lowest BCUT2D eigenvalue weighted by Crippen LogP contribution is -2.53. The van der Waals surface area contributed by atoms with E-state index in [2.05, 4.69) is 59.3 Å². The average Bonchev–Trinajstić information content (AvgIpc) is 2.91. The van der Waals surface area contributed by atoms with E-state index < -0.39 is 0 Å². The van der Waals surface area contributed by atoms with Gasteiger partial charge in [-0.25, -0.2) is 4.79 Å². The van der Waals surface area contributed by atoms with E-state index in [1.54, 1.807) is 0 Å². The average molecular weight is 526 g/mol. The van der Waals surface area contributed by atoms with E-state index in [1.807, 2.05) is 6.07 Å². The number of nitrogens with zero attached hydrogens (tertiary/aromatic N) is 2. The molecule has 0 aliphatic carbocycles. The molecule has 0 aromatic heterocycles. The molecule has 4 saturated heterocycles. The number of hydrogen-bond donors (Lipinski definition) is 1. The molecule has 0 saturated carbocycles. The van der Waals surface area contributed by atoms with Crippen LogP contribution in [0.1, 0.15) is 38.3 Å². The summed E-state index contributed by atoms with van der Waals surface area (Å²) in [5.41, 5.74) is 3.80. The number of carbonyl (C=O) groups is 1. The van der Waals surface area contributed by atoms with Crippen molar-refractivity contribution in [3.05, 3.63) is 47.0 Å². The van der Waals surface area contributed by atoms with Crippen LogP contribution >= 0.6 is 11.6 Å². The minimum atomic E-state index is -0.334. The smallest absolute Gasteiger partial charge is 0.407 e. The summed E-state index contributed by atoms with van der Waals surface area (Å²) in [4.78, 5) is 17.7. The number of hydrogen-bond acceptors (Lipinski definition) is 6. The summed E-state index contributed by atoms with van der Waals surface area (Å²) in [7, 11) is 0. The molecule has 198 valence electrons. The number of piperidine rings is 3. The largest absolute Gasteiger partial charge is 0.493 e. The normalized spacial score (nSPS) is 28.2. The van der Waals surface area contributed by atoms with Crippen LogP contribution in [0.15, 0.2) is 36.4 Å². The number of anilines is 1. The first-order valence-electron chi connectivity index (χ1n) is 13.5. The van der Waals surface area contributed by atoms with Gasteiger partial charge in [0.1, 0.15) is 11.9 Å². The summed E-state index contributed by atoms with van der Waals surface area (Å²) in [6, 6.07) is 12.2. The Kier molecular flexibility index (Phi) is 6.72. The molecule has 0 radical (unpaired) electrons. The van der Waals surface area contributed by atoms with E-state index in [-0.39, 0.29) is 23.7 Å². The summed E-state index contributed by atoms with van der Waals surface area (Å²) in [6.45, 7) is 11.0. The van der Waals surface area contributed by atoms with Gasteiger partial charge < -0.3 is 24.4 Å². The zero-order valence-corrected chi connectivity index (χ0v) is 22.4. The van der Waals surface area contributed by atoms with E-state index in [1.165, 1.54) is 0 Å². The highest BCUT2D eigenvalue weighted by Gasteiger charge is 2.41. The van der Waals surface area contributed by atoms with Crippen molar-refractivity contribution in [3.8, 4) is 16.9 Å². The molecular formula is C29H36ClN3O4. The third-order valence-corrected chi connectivity index (χ3v) is 8.76. The SMILES string of the molecule is CC1(C)COc2cc(-c3ccc(N4CCOCC4)c(Cl)c3)ccc2C1NC(=O)O[C@@H]1CN2CCC1CC2. The monoisotopic (exact) mass is 525 g/mol. The van der Waals surface area contributed by atoms with Crippen molar-refractivity contribution in [2.75, 3.05) is 57.4 Å². The van der Waals surface area contributed by atoms with Crippen LogP contribution in [0.3, 0.4) is 0 Å². The van der Waals surface area contributed by atoms with Gasteiger partial charge in [-0.1, -0.05) is 43.6 Å². The quantitative estimate of drug-likeness (QED) is 0.597. The molecule has 5 aliphatic rings. The zero-order chi connectivity index (χ0) is 25.6. The molecule has 4 fully saturated rings. The Morgan fingerprint density at radius 2 is 1.78 bits per heavy atom. The molecule has 5 aliphatic heterocycles. The maximum absolute atomic E-state index is 13.0. The van der Waals surface area contributed by atoms with Crippen molar-refractivity contribution >= 4 is 23.4 Å². The first-order valence-corrected chi connectivity index (χ1v) is 13.8. The molecule has 7 nitrogen and oxygen atoms in total. The summed E-state index contributed by atoms with van der Waals surface area (Å²) in [5.74, 6) is 1.27. The minimum absolute atomic E-state index is 0.0162. The predicted molar refractivity (Wildman–Crippen MR) is 145 cm³/mol. The van der Waals surface area contributed by atoms with Crippen LogP contribution in [-0.2, 0) is 9.47 Å². The van der Waals surface area contributed by atoms with Crippen LogP contribution in [0.5, 0.6) is 5.75 Å². The lowest BCUT2D eigenvalue weighted by molar-refractivity contribution is -0.0361. The molecule has 2 atom stereocenters. The van der Waals surface area contributed by atoms with Gasteiger partial charge in [-0.2, -0.15) is 0 Å². The fraction of sp³-hybridized carbons (Fsp3) is 0.552. The summed E-state index contributed by atoms with van der Waals surface area (Å²) in [6.07, 6.45) is 1.88. The first kappa shape index (κ1) is 24.8. The van der Waals surface area contributed by atoms with Gasteiger partial charge in [-0.3, -0.25) is 4.90 Å². The van der Waals surface area contributed by atoms with Crippen molar-refractivity contribution < 1.29 is 19.0 Å². The number of amides is 1. The Bertz CT molecular complexity index is 1160. The van der Waals surface area contributed by atoms with Crippen LogP contribution in [0.25, 0.3) is 11.1 Å². The Hall–Kier alpha value is -2.48. The Balaban J connectivity index is 1.19. The maximum Gasteiger partial charge on any atom is 0.407 e. The van der Waals surface area contributed by atoms with Gasteiger partial charge in [0.15, 0.2) is 0 Å². The highest BCUT2D eigenvalue weighted by Crippen LogP contribution is 2.45. The molecule has 37 heavy (non-hydrogen) atoms. The van der Waals surface area contributed by atoms with Gasteiger partial charge >= 0.3 is 6.09 Å². The molecule has 5 heterocycles. The first-order chi connectivity index (χ1) is 17.9. The number of ether oxygens (including phenoxy) is 3.